The van der Waals surface area contributed by atoms with Gasteiger partial charge in [0.05, 0.1) is 17.0 Å². The summed E-state index contributed by atoms with van der Waals surface area (Å²) in [5.41, 5.74) is 0.324. The van der Waals surface area contributed by atoms with Crippen molar-refractivity contribution in [3.05, 3.63) is 93.7 Å². The highest BCUT2D eigenvalue weighted by atomic mass is 32.1. The maximum atomic E-state index is 13.2. The summed E-state index contributed by atoms with van der Waals surface area (Å²) in [5.74, 6) is -0.687. The number of carbonyl (C=O) groups is 2. The summed E-state index contributed by atoms with van der Waals surface area (Å²) in [7, 11) is 0. The third-order valence-corrected chi connectivity index (χ3v) is 6.11. The average molecular weight is 404 g/mol. The van der Waals surface area contributed by atoms with Crippen LogP contribution in [0.4, 0.5) is 5.69 Å². The van der Waals surface area contributed by atoms with Crippen molar-refractivity contribution in [3.8, 4) is 0 Å². The lowest BCUT2D eigenvalue weighted by Gasteiger charge is -2.22. The van der Waals surface area contributed by atoms with Gasteiger partial charge in [0.15, 0.2) is 11.4 Å². The van der Waals surface area contributed by atoms with Crippen molar-refractivity contribution < 1.29 is 14.7 Å². The Hall–Kier alpha value is -3.02. The van der Waals surface area contributed by atoms with Gasteiger partial charge in [-0.15, -0.1) is 11.3 Å². The van der Waals surface area contributed by atoms with Gasteiger partial charge < -0.3 is 10.0 Å². The molecule has 1 atom stereocenters. The lowest BCUT2D eigenvalue weighted by atomic mass is 9.89. The number of anilines is 1. The van der Waals surface area contributed by atoms with Crippen LogP contribution < -0.4 is 4.90 Å². The number of benzene rings is 2. The molecule has 1 N–H and O–H groups in total. The van der Waals surface area contributed by atoms with Gasteiger partial charge in [-0.3, -0.25) is 9.59 Å². The zero-order valence-electron chi connectivity index (χ0n) is 16.0. The Kier molecular flexibility index (Phi) is 5.18. The second-order valence-corrected chi connectivity index (χ2v) is 8.40. The summed E-state index contributed by atoms with van der Waals surface area (Å²) in [6, 6.07) is 20.6. The molecule has 0 bridgehead atoms. The molecule has 4 rings (SSSR count). The predicted molar refractivity (Wildman–Crippen MR) is 116 cm³/mol. The van der Waals surface area contributed by atoms with E-state index in [2.05, 4.69) is 0 Å². The minimum atomic E-state index is -1.84. The minimum Gasteiger partial charge on any atom is -0.375 e. The Balaban J connectivity index is 1.60. The van der Waals surface area contributed by atoms with Gasteiger partial charge in [-0.25, -0.2) is 0 Å². The van der Waals surface area contributed by atoms with Gasteiger partial charge >= 0.3 is 0 Å². The monoisotopic (exact) mass is 403 g/mol. The molecule has 5 heteroatoms. The molecule has 1 aliphatic heterocycles. The van der Waals surface area contributed by atoms with Gasteiger partial charge in [-0.2, -0.15) is 0 Å². The van der Waals surface area contributed by atoms with Crippen LogP contribution in [-0.2, 0) is 10.4 Å². The Morgan fingerprint density at radius 1 is 1.07 bits per heavy atom. The van der Waals surface area contributed by atoms with Crippen molar-refractivity contribution in [2.45, 2.75) is 18.9 Å². The molecule has 2 heterocycles. The van der Waals surface area contributed by atoms with E-state index >= 15 is 0 Å². The summed E-state index contributed by atoms with van der Waals surface area (Å²) >= 11 is 1.38. The third kappa shape index (κ3) is 3.67. The highest BCUT2D eigenvalue weighted by Crippen LogP contribution is 2.43. The van der Waals surface area contributed by atoms with E-state index in [0.29, 0.717) is 22.7 Å². The molecule has 1 aromatic heterocycles. The third-order valence-electron chi connectivity index (χ3n) is 5.07. The number of rotatable bonds is 6. The fourth-order valence-corrected chi connectivity index (χ4v) is 4.43. The van der Waals surface area contributed by atoms with E-state index in [4.69, 9.17) is 0 Å². The first kappa shape index (κ1) is 19.3. The minimum absolute atomic E-state index is 0.226. The van der Waals surface area contributed by atoms with Gasteiger partial charge in [0.25, 0.3) is 5.91 Å². The van der Waals surface area contributed by atoms with Crippen molar-refractivity contribution in [2.24, 2.45) is 0 Å². The van der Waals surface area contributed by atoms with Crippen LogP contribution in [-0.4, -0.2) is 23.3 Å². The lowest BCUT2D eigenvalue weighted by Crippen LogP contribution is -2.41. The highest BCUT2D eigenvalue weighted by molar-refractivity contribution is 7.14. The van der Waals surface area contributed by atoms with Crippen LogP contribution in [0.3, 0.4) is 0 Å². The molecular formula is C24H21NO3S. The second kappa shape index (κ2) is 7.78. The Morgan fingerprint density at radius 2 is 1.79 bits per heavy atom. The van der Waals surface area contributed by atoms with Crippen molar-refractivity contribution in [3.63, 3.8) is 0 Å². The molecule has 0 aliphatic carbocycles. The van der Waals surface area contributed by atoms with Gasteiger partial charge in [0, 0.05) is 17.0 Å². The molecule has 0 fully saturated rings. The van der Waals surface area contributed by atoms with Crippen molar-refractivity contribution in [1.82, 2.24) is 0 Å². The number of aryl methyl sites for hydroxylation is 1. The molecule has 146 valence electrons. The first-order valence-corrected chi connectivity index (χ1v) is 10.3. The fraction of sp³-hybridized carbons (Fsp3) is 0.167. The topological polar surface area (TPSA) is 57.6 Å². The Labute approximate surface area is 173 Å². The van der Waals surface area contributed by atoms with Crippen molar-refractivity contribution in [2.75, 3.05) is 11.4 Å². The number of thiophene rings is 1. The number of para-hydroxylation sites is 1. The quantitative estimate of drug-likeness (QED) is 0.613. The fourth-order valence-electron chi connectivity index (χ4n) is 3.62. The van der Waals surface area contributed by atoms with Gasteiger partial charge in [-0.1, -0.05) is 60.7 Å². The van der Waals surface area contributed by atoms with Crippen LogP contribution in [0.25, 0.3) is 6.08 Å². The first-order chi connectivity index (χ1) is 14.0. The SMILES string of the molecule is Cc1ccc(C(=O)C[C@]2(O)C(=O)N(C/C=C/c3ccccc3)c3ccccc32)s1. The zero-order valence-corrected chi connectivity index (χ0v) is 16.9. The summed E-state index contributed by atoms with van der Waals surface area (Å²) in [4.78, 5) is 29.1. The maximum Gasteiger partial charge on any atom is 0.264 e. The number of aliphatic hydroxyl groups is 1. The molecule has 0 spiro atoms. The number of hydrogen-bond donors (Lipinski definition) is 1. The van der Waals surface area contributed by atoms with E-state index in [1.54, 1.807) is 29.2 Å². The van der Waals surface area contributed by atoms with Crippen LogP contribution in [0.5, 0.6) is 0 Å². The standard InChI is InChI=1S/C24H21NO3S/c1-17-13-14-22(29-17)21(26)16-24(28)19-11-5-6-12-20(19)25(23(24)27)15-7-10-18-8-3-2-4-9-18/h2-14,28H,15-16H2,1H3/b10-7+/t24-/m1/s1. The largest absolute Gasteiger partial charge is 0.375 e. The number of carbonyl (C=O) groups excluding carboxylic acids is 2. The van der Waals surface area contributed by atoms with Crippen LogP contribution in [0.2, 0.25) is 0 Å². The van der Waals surface area contributed by atoms with Crippen LogP contribution >= 0.6 is 11.3 Å². The van der Waals surface area contributed by atoms with E-state index in [0.717, 1.165) is 10.4 Å². The number of nitrogens with zero attached hydrogens (tertiary/aromatic N) is 1. The number of hydrogen-bond acceptors (Lipinski definition) is 4. The van der Waals surface area contributed by atoms with Crippen molar-refractivity contribution >= 4 is 34.8 Å². The summed E-state index contributed by atoms with van der Waals surface area (Å²) in [6.45, 7) is 2.24. The molecule has 4 nitrogen and oxygen atoms in total. The number of fused-ring (bicyclic) bond motifs is 1. The van der Waals surface area contributed by atoms with Gasteiger partial charge in [0.1, 0.15) is 0 Å². The van der Waals surface area contributed by atoms with E-state index < -0.39 is 11.5 Å². The number of Topliss-reactive ketones (excluding diaryl/α,β-unsaturated/α-hetero) is 1. The summed E-state index contributed by atoms with van der Waals surface area (Å²) in [6.07, 6.45) is 3.56. The van der Waals surface area contributed by atoms with Crippen molar-refractivity contribution in [1.29, 1.82) is 0 Å². The molecule has 0 radical (unpaired) electrons. The Morgan fingerprint density at radius 3 is 2.52 bits per heavy atom. The smallest absolute Gasteiger partial charge is 0.264 e. The average Bonchev–Trinajstić information content (AvgIpc) is 3.25. The van der Waals surface area contributed by atoms with E-state index in [1.165, 1.54) is 11.3 Å². The zero-order chi connectivity index (χ0) is 20.4. The molecule has 0 saturated carbocycles. The first-order valence-electron chi connectivity index (χ1n) is 9.44. The molecule has 1 amide bonds. The molecule has 1 aliphatic rings. The maximum absolute atomic E-state index is 13.2. The van der Waals surface area contributed by atoms with E-state index in [1.807, 2.05) is 61.5 Å². The molecule has 3 aromatic rings. The lowest BCUT2D eigenvalue weighted by molar-refractivity contribution is -0.135. The summed E-state index contributed by atoms with van der Waals surface area (Å²) in [5, 5.41) is 11.3. The van der Waals surface area contributed by atoms with Crippen LogP contribution in [0.15, 0.2) is 72.8 Å². The van der Waals surface area contributed by atoms with Crippen LogP contribution in [0.1, 0.15) is 32.1 Å². The molecule has 2 aromatic carbocycles. The second-order valence-electron chi connectivity index (χ2n) is 7.12. The molecule has 0 saturated heterocycles. The normalized spacial score (nSPS) is 18.4. The van der Waals surface area contributed by atoms with E-state index in [9.17, 15) is 14.7 Å². The van der Waals surface area contributed by atoms with Gasteiger partial charge in [0.2, 0.25) is 0 Å². The number of amides is 1. The Bertz CT molecular complexity index is 1090. The van der Waals surface area contributed by atoms with E-state index in [-0.39, 0.29) is 12.2 Å². The molecular weight excluding hydrogens is 382 g/mol. The molecule has 0 unspecified atom stereocenters. The van der Waals surface area contributed by atoms with Crippen LogP contribution in [0, 0.1) is 6.92 Å². The highest BCUT2D eigenvalue weighted by Gasteiger charge is 2.50. The predicted octanol–water partition coefficient (Wildman–Crippen LogP) is 4.58. The molecule has 29 heavy (non-hydrogen) atoms. The van der Waals surface area contributed by atoms with Gasteiger partial charge in [-0.05, 0) is 30.7 Å². The number of ketones is 1. The summed E-state index contributed by atoms with van der Waals surface area (Å²) < 4.78 is 0.